The van der Waals surface area contributed by atoms with E-state index >= 15 is 0 Å². The zero-order chi connectivity index (χ0) is 16.0. The zero-order valence-electron chi connectivity index (χ0n) is 13.1. The molecule has 23 heavy (non-hydrogen) atoms. The van der Waals surface area contributed by atoms with Crippen LogP contribution in [0.15, 0.2) is 48.5 Å². The predicted molar refractivity (Wildman–Crippen MR) is 95.9 cm³/mol. The van der Waals surface area contributed by atoms with Gasteiger partial charge in [-0.1, -0.05) is 48.5 Å². The Bertz CT molecular complexity index is 680. The molecule has 3 aliphatic carbocycles. The van der Waals surface area contributed by atoms with Crippen LogP contribution < -0.4 is 0 Å². The normalized spacial score (nSPS) is 30.8. The van der Waals surface area contributed by atoms with Crippen LogP contribution in [0, 0.1) is 0 Å². The fraction of sp³-hybridized carbons (Fsp3) is 0.400. The van der Waals surface area contributed by atoms with E-state index < -0.39 is 0 Å². The van der Waals surface area contributed by atoms with Crippen molar-refractivity contribution < 1.29 is 4.74 Å². The molecule has 0 saturated heterocycles. The lowest BCUT2D eigenvalue weighted by Gasteiger charge is -2.54. The summed E-state index contributed by atoms with van der Waals surface area (Å²) < 4.78 is 5.30. The molecule has 5 rings (SSSR count). The Kier molecular flexibility index (Phi) is 3.91. The second-order valence-corrected chi connectivity index (χ2v) is 7.54. The number of fused-ring (bicyclic) bond motifs is 1. The van der Waals surface area contributed by atoms with Crippen molar-refractivity contribution >= 4 is 23.2 Å². The number of hydrogen-bond donors (Lipinski definition) is 0. The maximum Gasteiger partial charge on any atom is 0.0646 e. The maximum atomic E-state index is 6.98. The minimum Gasteiger partial charge on any atom is -0.385 e. The predicted octanol–water partition coefficient (Wildman–Crippen LogP) is 5.07. The summed E-state index contributed by atoms with van der Waals surface area (Å²) in [6.45, 7) is 0.742. The minimum atomic E-state index is -0.214. The summed E-state index contributed by atoms with van der Waals surface area (Å²) in [6.07, 6.45) is 1.93. The molecular formula is C20H20Cl2O. The average Bonchev–Trinajstić information content (AvgIpc) is 2.59. The highest BCUT2D eigenvalue weighted by molar-refractivity contribution is 6.32. The van der Waals surface area contributed by atoms with E-state index in [4.69, 9.17) is 27.9 Å². The van der Waals surface area contributed by atoms with E-state index in [1.807, 2.05) is 0 Å². The first-order valence-electron chi connectivity index (χ1n) is 8.17. The van der Waals surface area contributed by atoms with Gasteiger partial charge in [-0.05, 0) is 35.1 Å². The molecule has 0 radical (unpaired) electrons. The van der Waals surface area contributed by atoms with E-state index in [1.54, 1.807) is 7.11 Å². The Balaban J connectivity index is 1.96. The largest absolute Gasteiger partial charge is 0.385 e. The van der Waals surface area contributed by atoms with E-state index in [0.29, 0.717) is 0 Å². The van der Waals surface area contributed by atoms with Crippen molar-refractivity contribution in [2.45, 2.75) is 34.9 Å². The summed E-state index contributed by atoms with van der Waals surface area (Å²) in [4.78, 5) is 0. The number of alkyl halides is 2. The van der Waals surface area contributed by atoms with E-state index in [1.165, 1.54) is 22.3 Å². The van der Waals surface area contributed by atoms with Gasteiger partial charge in [0.1, 0.15) is 0 Å². The summed E-state index contributed by atoms with van der Waals surface area (Å²) in [5, 5.41) is -0.181. The number of hydrogen-bond acceptors (Lipinski definition) is 1. The van der Waals surface area contributed by atoms with Crippen molar-refractivity contribution in [2.24, 2.45) is 0 Å². The van der Waals surface area contributed by atoms with Crippen molar-refractivity contribution in [1.29, 1.82) is 0 Å². The smallest absolute Gasteiger partial charge is 0.0646 e. The molecule has 2 aromatic carbocycles. The van der Waals surface area contributed by atoms with E-state index in [-0.39, 0.29) is 22.1 Å². The van der Waals surface area contributed by atoms with Crippen molar-refractivity contribution in [1.82, 2.24) is 0 Å². The van der Waals surface area contributed by atoms with Gasteiger partial charge in [-0.25, -0.2) is 0 Å². The molecule has 120 valence electrons. The van der Waals surface area contributed by atoms with E-state index in [2.05, 4.69) is 48.5 Å². The van der Waals surface area contributed by atoms with Crippen LogP contribution in [-0.4, -0.2) is 24.5 Å². The Labute approximate surface area is 147 Å². The molecule has 0 heterocycles. The number of ether oxygens (including phenoxy) is 1. The Morgan fingerprint density at radius 1 is 0.957 bits per heavy atom. The SMILES string of the molecule is COCCCC12c3ccccc3C(c3ccccc31)[C@@H](Cl)[C@@H]2Cl. The highest BCUT2D eigenvalue weighted by atomic mass is 35.5. The Hall–Kier alpha value is -1.02. The molecule has 2 atom stereocenters. The van der Waals surface area contributed by atoms with Crippen LogP contribution in [0.5, 0.6) is 0 Å². The zero-order valence-corrected chi connectivity index (χ0v) is 14.6. The molecule has 2 bridgehead atoms. The third-order valence-electron chi connectivity index (χ3n) is 5.54. The number of rotatable bonds is 4. The van der Waals surface area contributed by atoms with Gasteiger partial charge in [0.25, 0.3) is 0 Å². The third kappa shape index (κ3) is 2.03. The summed E-state index contributed by atoms with van der Waals surface area (Å²) in [5.74, 6) is 0.191. The Morgan fingerprint density at radius 2 is 1.52 bits per heavy atom. The molecule has 0 N–H and O–H groups in total. The summed E-state index contributed by atoms with van der Waals surface area (Å²) in [6, 6.07) is 17.4. The van der Waals surface area contributed by atoms with Gasteiger partial charge in [0.15, 0.2) is 0 Å². The van der Waals surface area contributed by atoms with Gasteiger partial charge < -0.3 is 4.74 Å². The lowest BCUT2D eigenvalue weighted by molar-refractivity contribution is 0.182. The van der Waals surface area contributed by atoms with Crippen molar-refractivity contribution in [3.8, 4) is 0 Å². The molecular weight excluding hydrogens is 327 g/mol. The molecule has 1 nitrogen and oxygen atoms in total. The van der Waals surface area contributed by atoms with Crippen molar-refractivity contribution in [3.63, 3.8) is 0 Å². The first-order chi connectivity index (χ1) is 11.2. The van der Waals surface area contributed by atoms with Crippen molar-refractivity contribution in [2.75, 3.05) is 13.7 Å². The summed E-state index contributed by atoms with van der Waals surface area (Å²) in [5.41, 5.74) is 5.20. The topological polar surface area (TPSA) is 9.23 Å². The van der Waals surface area contributed by atoms with Crippen LogP contribution in [0.4, 0.5) is 0 Å². The van der Waals surface area contributed by atoms with Crippen LogP contribution in [0.25, 0.3) is 0 Å². The molecule has 0 aliphatic heterocycles. The highest BCUT2D eigenvalue weighted by Crippen LogP contribution is 2.61. The fourth-order valence-electron chi connectivity index (χ4n) is 4.65. The summed E-state index contributed by atoms with van der Waals surface area (Å²) >= 11 is 13.8. The van der Waals surface area contributed by atoms with Gasteiger partial charge in [-0.2, -0.15) is 0 Å². The summed E-state index contributed by atoms with van der Waals surface area (Å²) in [7, 11) is 1.75. The highest BCUT2D eigenvalue weighted by Gasteiger charge is 2.57. The van der Waals surface area contributed by atoms with E-state index in [0.717, 1.165) is 19.4 Å². The lowest BCUT2D eigenvalue weighted by atomic mass is 9.53. The quantitative estimate of drug-likeness (QED) is 0.554. The molecule has 0 fully saturated rings. The van der Waals surface area contributed by atoms with Crippen LogP contribution >= 0.6 is 23.2 Å². The number of halogens is 2. The van der Waals surface area contributed by atoms with Gasteiger partial charge >= 0.3 is 0 Å². The van der Waals surface area contributed by atoms with Gasteiger partial charge in [-0.15, -0.1) is 23.2 Å². The molecule has 0 saturated carbocycles. The molecule has 0 aromatic heterocycles. The molecule has 3 heteroatoms. The van der Waals surface area contributed by atoms with Gasteiger partial charge in [0, 0.05) is 25.0 Å². The number of methoxy groups -OCH3 is 1. The lowest BCUT2D eigenvalue weighted by Crippen LogP contribution is -2.54. The third-order valence-corrected chi connectivity index (χ3v) is 6.82. The standard InChI is InChI=1S/C20H20Cl2O/c1-23-12-6-11-20-15-9-4-2-7-13(15)17(18(21)19(20)22)14-8-3-5-10-16(14)20/h2-5,7-10,17-19H,6,11-12H2,1H3/t17?,18-,19+,20?/m1/s1. The monoisotopic (exact) mass is 346 g/mol. The van der Waals surface area contributed by atoms with Gasteiger partial charge in [0.05, 0.1) is 10.8 Å². The second-order valence-electron chi connectivity index (χ2n) is 6.57. The maximum absolute atomic E-state index is 6.98. The average molecular weight is 347 g/mol. The van der Waals surface area contributed by atoms with Crippen LogP contribution in [0.2, 0.25) is 0 Å². The molecule has 0 spiro atoms. The van der Waals surface area contributed by atoms with E-state index in [9.17, 15) is 0 Å². The van der Waals surface area contributed by atoms with Gasteiger partial charge in [0.2, 0.25) is 0 Å². The fourth-order valence-corrected chi connectivity index (χ4v) is 5.62. The number of benzene rings is 2. The molecule has 0 amide bonds. The Morgan fingerprint density at radius 3 is 2.09 bits per heavy atom. The molecule has 3 aliphatic rings. The molecule has 0 unspecified atom stereocenters. The second kappa shape index (κ2) is 5.81. The first-order valence-corrected chi connectivity index (χ1v) is 9.05. The van der Waals surface area contributed by atoms with Crippen molar-refractivity contribution in [3.05, 3.63) is 70.8 Å². The van der Waals surface area contributed by atoms with Crippen LogP contribution in [-0.2, 0) is 10.2 Å². The van der Waals surface area contributed by atoms with Crippen LogP contribution in [0.1, 0.15) is 41.0 Å². The van der Waals surface area contributed by atoms with Crippen LogP contribution in [0.3, 0.4) is 0 Å². The minimum absolute atomic E-state index is 0.0796. The first kappa shape index (κ1) is 15.5. The van der Waals surface area contributed by atoms with Gasteiger partial charge in [-0.3, -0.25) is 0 Å². The molecule has 2 aromatic rings.